The number of rotatable bonds is 7. The molecule has 1 amide bonds. The molecule has 0 spiro atoms. The first kappa shape index (κ1) is 20.1. The van der Waals surface area contributed by atoms with Crippen LogP contribution in [0.3, 0.4) is 0 Å². The zero-order valence-electron chi connectivity index (χ0n) is 16.2. The summed E-state index contributed by atoms with van der Waals surface area (Å²) in [5.41, 5.74) is 3.06. The average molecular weight is 401 g/mol. The predicted octanol–water partition coefficient (Wildman–Crippen LogP) is 3.50. The Kier molecular flexibility index (Phi) is 5.86. The average Bonchev–Trinajstić information content (AvgIpc) is 2.97. The van der Waals surface area contributed by atoms with Gasteiger partial charge >= 0.3 is 0 Å². The van der Waals surface area contributed by atoms with Crippen LogP contribution in [0.4, 0.5) is 0 Å². The Bertz CT molecular complexity index is 1080. The monoisotopic (exact) mass is 400 g/mol. The molecular formula is C21H24N2O4S. The minimum absolute atomic E-state index is 0.0734. The third-order valence-corrected chi connectivity index (χ3v) is 5.84. The van der Waals surface area contributed by atoms with E-state index in [0.29, 0.717) is 23.5 Å². The van der Waals surface area contributed by atoms with Crippen LogP contribution in [0.2, 0.25) is 0 Å². The molecule has 2 N–H and O–H groups in total. The van der Waals surface area contributed by atoms with E-state index in [1.54, 1.807) is 26.0 Å². The van der Waals surface area contributed by atoms with Crippen molar-refractivity contribution in [3.63, 3.8) is 0 Å². The van der Waals surface area contributed by atoms with Gasteiger partial charge in [-0.05, 0) is 38.0 Å². The van der Waals surface area contributed by atoms with Crippen LogP contribution in [-0.2, 0) is 22.3 Å². The summed E-state index contributed by atoms with van der Waals surface area (Å²) in [7, 11) is -3.36. The molecule has 0 fully saturated rings. The van der Waals surface area contributed by atoms with Crippen molar-refractivity contribution < 1.29 is 17.6 Å². The lowest BCUT2D eigenvalue weighted by Gasteiger charge is -2.10. The molecule has 3 aromatic rings. The van der Waals surface area contributed by atoms with Crippen LogP contribution in [0.5, 0.6) is 0 Å². The van der Waals surface area contributed by atoms with Crippen molar-refractivity contribution in [3.8, 4) is 0 Å². The second-order valence-electron chi connectivity index (χ2n) is 7.08. The van der Waals surface area contributed by atoms with Crippen molar-refractivity contribution in [2.45, 2.75) is 39.1 Å². The quantitative estimate of drug-likeness (QED) is 0.635. The number of carbonyl (C=O) groups is 1. The van der Waals surface area contributed by atoms with Gasteiger partial charge in [-0.1, -0.05) is 42.5 Å². The largest absolute Gasteiger partial charge is 0.451 e. The first-order valence-corrected chi connectivity index (χ1v) is 10.7. The number of para-hydroxylation sites is 1. The number of nitrogens with one attached hydrogen (secondary N) is 2. The highest BCUT2D eigenvalue weighted by atomic mass is 32.2. The maximum Gasteiger partial charge on any atom is 0.287 e. The third kappa shape index (κ3) is 4.79. The lowest BCUT2D eigenvalue weighted by molar-refractivity contribution is 0.0924. The summed E-state index contributed by atoms with van der Waals surface area (Å²) in [6, 6.07) is 14.5. The topological polar surface area (TPSA) is 88.4 Å². The summed E-state index contributed by atoms with van der Waals surface area (Å²) in [5.74, 6) is -0.0409. The molecule has 0 aliphatic rings. The second kappa shape index (κ2) is 8.16. The Labute approximate surface area is 165 Å². The molecule has 28 heavy (non-hydrogen) atoms. The molecule has 0 unspecified atom stereocenters. The van der Waals surface area contributed by atoms with Crippen LogP contribution in [0.25, 0.3) is 11.0 Å². The molecule has 0 aliphatic carbocycles. The number of furan rings is 1. The number of fused-ring (bicyclic) bond motifs is 1. The smallest absolute Gasteiger partial charge is 0.287 e. The van der Waals surface area contributed by atoms with E-state index >= 15 is 0 Å². The lowest BCUT2D eigenvalue weighted by Crippen LogP contribution is -2.31. The van der Waals surface area contributed by atoms with Gasteiger partial charge in [-0.15, -0.1) is 0 Å². The van der Waals surface area contributed by atoms with Crippen molar-refractivity contribution in [3.05, 3.63) is 71.0 Å². The van der Waals surface area contributed by atoms with Gasteiger partial charge in [0.05, 0.1) is 5.75 Å². The number of carbonyl (C=O) groups excluding carboxylic acids is 1. The number of hydrogen-bond donors (Lipinski definition) is 2. The molecule has 0 bridgehead atoms. The first-order chi connectivity index (χ1) is 13.2. The van der Waals surface area contributed by atoms with Crippen LogP contribution in [0.15, 0.2) is 52.9 Å². The van der Waals surface area contributed by atoms with Crippen molar-refractivity contribution in [1.82, 2.24) is 10.0 Å². The minimum Gasteiger partial charge on any atom is -0.451 e. The Hall–Kier alpha value is -2.64. The summed E-state index contributed by atoms with van der Waals surface area (Å²) in [4.78, 5) is 12.5. The van der Waals surface area contributed by atoms with E-state index < -0.39 is 10.0 Å². The highest BCUT2D eigenvalue weighted by molar-refractivity contribution is 7.88. The fraction of sp³-hybridized carbons (Fsp3) is 0.286. The van der Waals surface area contributed by atoms with Crippen LogP contribution in [-0.4, -0.2) is 20.4 Å². The zero-order valence-corrected chi connectivity index (χ0v) is 17.0. The Morgan fingerprint density at radius 3 is 2.32 bits per heavy atom. The van der Waals surface area contributed by atoms with Gasteiger partial charge in [0.25, 0.3) is 5.91 Å². The summed E-state index contributed by atoms with van der Waals surface area (Å²) in [5, 5.41) is 3.77. The molecule has 0 atom stereocenters. The van der Waals surface area contributed by atoms with Gasteiger partial charge in [-0.3, -0.25) is 4.79 Å². The normalized spacial score (nSPS) is 11.9. The number of hydrogen-bond acceptors (Lipinski definition) is 4. The van der Waals surface area contributed by atoms with E-state index in [4.69, 9.17) is 4.42 Å². The van der Waals surface area contributed by atoms with Gasteiger partial charge in [0.15, 0.2) is 5.76 Å². The third-order valence-electron chi connectivity index (χ3n) is 4.30. The zero-order chi connectivity index (χ0) is 20.3. The van der Waals surface area contributed by atoms with Crippen molar-refractivity contribution in [2.24, 2.45) is 0 Å². The Balaban J connectivity index is 1.63. The van der Waals surface area contributed by atoms with Crippen LogP contribution < -0.4 is 10.0 Å². The first-order valence-electron chi connectivity index (χ1n) is 9.09. The molecule has 1 heterocycles. The fourth-order valence-electron chi connectivity index (χ4n) is 3.03. The SMILES string of the molecule is Cc1c(C(=O)NCc2ccc(CS(=O)(=O)NC(C)C)cc2)oc2ccccc12. The van der Waals surface area contributed by atoms with Crippen molar-refractivity contribution >= 4 is 26.9 Å². The van der Waals surface area contributed by atoms with Crippen molar-refractivity contribution in [1.29, 1.82) is 0 Å². The van der Waals surface area contributed by atoms with E-state index in [9.17, 15) is 13.2 Å². The van der Waals surface area contributed by atoms with Gasteiger partial charge in [0.1, 0.15) is 5.58 Å². The molecule has 0 aliphatic heterocycles. The van der Waals surface area contributed by atoms with Crippen LogP contribution in [0, 0.1) is 6.92 Å². The van der Waals surface area contributed by atoms with Gasteiger partial charge in [-0.25, -0.2) is 13.1 Å². The Morgan fingerprint density at radius 1 is 1.04 bits per heavy atom. The fourth-order valence-corrected chi connectivity index (χ4v) is 4.46. The van der Waals surface area contributed by atoms with E-state index in [1.165, 1.54) is 0 Å². The van der Waals surface area contributed by atoms with Gasteiger partial charge in [0.2, 0.25) is 10.0 Å². The van der Waals surface area contributed by atoms with E-state index in [1.807, 2.05) is 43.3 Å². The molecule has 0 radical (unpaired) electrons. The minimum atomic E-state index is -3.36. The van der Waals surface area contributed by atoms with E-state index in [-0.39, 0.29) is 17.7 Å². The predicted molar refractivity (Wildman–Crippen MR) is 109 cm³/mol. The maximum absolute atomic E-state index is 12.5. The summed E-state index contributed by atoms with van der Waals surface area (Å²) in [6.07, 6.45) is 0. The van der Waals surface area contributed by atoms with Gasteiger partial charge in [-0.2, -0.15) is 0 Å². The Morgan fingerprint density at radius 2 is 1.68 bits per heavy atom. The number of amides is 1. The standard InChI is InChI=1S/C21H24N2O4S/c1-14(2)23-28(25,26)13-17-10-8-16(9-11-17)12-22-21(24)20-15(3)18-6-4-5-7-19(18)27-20/h4-11,14,23H,12-13H2,1-3H3,(H,22,24). The van der Waals surface area contributed by atoms with Crippen LogP contribution >= 0.6 is 0 Å². The van der Waals surface area contributed by atoms with Crippen LogP contribution in [0.1, 0.15) is 41.1 Å². The maximum atomic E-state index is 12.5. The van der Waals surface area contributed by atoms with Gasteiger partial charge < -0.3 is 9.73 Å². The summed E-state index contributed by atoms with van der Waals surface area (Å²) in [6.45, 7) is 5.76. The molecule has 148 valence electrons. The van der Waals surface area contributed by atoms with E-state index in [2.05, 4.69) is 10.0 Å². The molecular weight excluding hydrogens is 376 g/mol. The number of benzene rings is 2. The summed E-state index contributed by atoms with van der Waals surface area (Å²) < 4.78 is 32.2. The molecule has 6 nitrogen and oxygen atoms in total. The molecule has 2 aromatic carbocycles. The van der Waals surface area contributed by atoms with E-state index in [0.717, 1.165) is 16.5 Å². The molecule has 7 heteroatoms. The second-order valence-corrected chi connectivity index (χ2v) is 8.84. The highest BCUT2D eigenvalue weighted by Gasteiger charge is 2.17. The number of aryl methyl sites for hydroxylation is 1. The van der Waals surface area contributed by atoms with Gasteiger partial charge in [0, 0.05) is 23.5 Å². The highest BCUT2D eigenvalue weighted by Crippen LogP contribution is 2.24. The molecule has 0 saturated heterocycles. The number of sulfonamides is 1. The molecule has 1 aromatic heterocycles. The lowest BCUT2D eigenvalue weighted by atomic mass is 10.1. The van der Waals surface area contributed by atoms with Crippen molar-refractivity contribution in [2.75, 3.05) is 0 Å². The molecule has 3 rings (SSSR count). The molecule has 0 saturated carbocycles. The summed E-state index contributed by atoms with van der Waals surface area (Å²) >= 11 is 0.